The Morgan fingerprint density at radius 2 is 2.04 bits per heavy atom. The lowest BCUT2D eigenvalue weighted by molar-refractivity contribution is 0.433. The van der Waals surface area contributed by atoms with Crippen LogP contribution in [0, 0.1) is 11.6 Å². The van der Waals surface area contributed by atoms with Gasteiger partial charge in [0.05, 0.1) is 11.4 Å². The van der Waals surface area contributed by atoms with Crippen LogP contribution in [0.25, 0.3) is 5.65 Å². The zero-order valence-electron chi connectivity index (χ0n) is 12.5. The van der Waals surface area contributed by atoms with Crippen molar-refractivity contribution in [1.82, 2.24) is 14.6 Å². The number of nitrogens with zero attached hydrogens (tertiary/aromatic N) is 3. The quantitative estimate of drug-likeness (QED) is 0.717. The Morgan fingerprint density at radius 1 is 1.22 bits per heavy atom. The Balaban J connectivity index is 1.84. The summed E-state index contributed by atoms with van der Waals surface area (Å²) < 4.78 is 28.2. The third kappa shape index (κ3) is 3.29. The summed E-state index contributed by atoms with van der Waals surface area (Å²) in [4.78, 5) is 4.62. The fourth-order valence-corrected chi connectivity index (χ4v) is 3.11. The maximum Gasteiger partial charge on any atom is 0.215 e. The maximum atomic E-state index is 13.6. The lowest BCUT2D eigenvalue weighted by Crippen LogP contribution is -1.96. The zero-order valence-corrected chi connectivity index (χ0v) is 13.3. The van der Waals surface area contributed by atoms with E-state index in [4.69, 9.17) is 0 Å². The van der Waals surface area contributed by atoms with E-state index >= 15 is 0 Å². The highest BCUT2D eigenvalue weighted by molar-refractivity contribution is 7.98. The van der Waals surface area contributed by atoms with Gasteiger partial charge in [0.2, 0.25) is 5.88 Å². The molecule has 0 fully saturated rings. The molecule has 3 rings (SSSR count). The number of fused-ring (bicyclic) bond motifs is 1. The minimum absolute atomic E-state index is 0.0207. The summed E-state index contributed by atoms with van der Waals surface area (Å²) >= 11 is 1.13. The molecule has 23 heavy (non-hydrogen) atoms. The summed E-state index contributed by atoms with van der Waals surface area (Å²) in [7, 11) is 0. The molecule has 0 bridgehead atoms. The molecule has 4 nitrogen and oxygen atoms in total. The fourth-order valence-electron chi connectivity index (χ4n) is 2.26. The smallest absolute Gasteiger partial charge is 0.215 e. The molecule has 0 aliphatic carbocycles. The Bertz CT molecular complexity index is 851. The first kappa shape index (κ1) is 15.7. The van der Waals surface area contributed by atoms with Crippen molar-refractivity contribution < 1.29 is 13.9 Å². The van der Waals surface area contributed by atoms with Crippen LogP contribution in [-0.4, -0.2) is 19.7 Å². The van der Waals surface area contributed by atoms with Crippen molar-refractivity contribution >= 4 is 17.4 Å². The minimum Gasteiger partial charge on any atom is -0.493 e. The first-order chi connectivity index (χ1) is 11.1. The van der Waals surface area contributed by atoms with Gasteiger partial charge < -0.3 is 5.11 Å². The van der Waals surface area contributed by atoms with E-state index in [1.165, 1.54) is 22.7 Å². The fraction of sp³-hybridized carbons (Fsp3) is 0.250. The van der Waals surface area contributed by atoms with Gasteiger partial charge >= 0.3 is 0 Å². The largest absolute Gasteiger partial charge is 0.493 e. The van der Waals surface area contributed by atoms with Gasteiger partial charge in [0.15, 0.2) is 17.3 Å². The second-order valence-electron chi connectivity index (χ2n) is 5.10. The van der Waals surface area contributed by atoms with Crippen molar-refractivity contribution in [1.29, 1.82) is 0 Å². The van der Waals surface area contributed by atoms with Gasteiger partial charge in [-0.05, 0) is 18.6 Å². The molecule has 0 atom stereocenters. The van der Waals surface area contributed by atoms with E-state index in [2.05, 4.69) is 10.1 Å². The average molecular weight is 335 g/mol. The van der Waals surface area contributed by atoms with Crippen LogP contribution in [0.5, 0.6) is 5.88 Å². The van der Waals surface area contributed by atoms with Gasteiger partial charge in [-0.15, -0.1) is 11.8 Å². The van der Waals surface area contributed by atoms with E-state index in [-0.39, 0.29) is 10.8 Å². The first-order valence-corrected chi connectivity index (χ1v) is 8.21. The number of thioether (sulfide) groups is 1. The standard InChI is InChI=1S/C16H15F2N3OS/c1-2-4-10-7-14-19-11(8-15(22)21(14)20-10)9-23-13-6-3-5-12(17)16(13)18/h3,5-8,22H,2,4,9H2,1H3. The van der Waals surface area contributed by atoms with Gasteiger partial charge in [0, 0.05) is 22.8 Å². The van der Waals surface area contributed by atoms with Crippen LogP contribution in [-0.2, 0) is 12.2 Å². The van der Waals surface area contributed by atoms with E-state index in [1.54, 1.807) is 0 Å². The number of hydrogen-bond acceptors (Lipinski definition) is 4. The monoisotopic (exact) mass is 335 g/mol. The molecule has 0 radical (unpaired) electrons. The molecule has 0 aliphatic heterocycles. The number of aromatic hydroxyl groups is 1. The molecule has 0 saturated heterocycles. The molecule has 1 N–H and O–H groups in total. The summed E-state index contributed by atoms with van der Waals surface area (Å²) in [5.74, 6) is -1.44. The summed E-state index contributed by atoms with van der Waals surface area (Å²) in [5.41, 5.74) is 1.98. The molecule has 2 heterocycles. The van der Waals surface area contributed by atoms with Crippen molar-refractivity contribution in [3.05, 3.63) is 53.4 Å². The van der Waals surface area contributed by atoms with Gasteiger partial charge in [0.1, 0.15) is 0 Å². The van der Waals surface area contributed by atoms with Crippen LogP contribution in [0.2, 0.25) is 0 Å². The van der Waals surface area contributed by atoms with Gasteiger partial charge in [-0.2, -0.15) is 9.61 Å². The molecule has 1 aromatic carbocycles. The molecular weight excluding hydrogens is 320 g/mol. The van der Waals surface area contributed by atoms with Gasteiger partial charge in [-0.3, -0.25) is 0 Å². The van der Waals surface area contributed by atoms with E-state index in [9.17, 15) is 13.9 Å². The molecule has 0 aliphatic rings. The highest BCUT2D eigenvalue weighted by atomic mass is 32.2. The van der Waals surface area contributed by atoms with Gasteiger partial charge in [-0.1, -0.05) is 19.4 Å². The summed E-state index contributed by atoms with van der Waals surface area (Å²) in [5, 5.41) is 14.3. The summed E-state index contributed by atoms with van der Waals surface area (Å²) in [6.45, 7) is 2.05. The van der Waals surface area contributed by atoms with Crippen LogP contribution in [0.3, 0.4) is 0 Å². The molecule has 7 heteroatoms. The number of halogens is 2. The molecule has 0 saturated carbocycles. The van der Waals surface area contributed by atoms with Crippen LogP contribution in [0.4, 0.5) is 8.78 Å². The third-order valence-corrected chi connectivity index (χ3v) is 4.38. The Hall–Kier alpha value is -2.15. The van der Waals surface area contributed by atoms with Gasteiger partial charge in [-0.25, -0.2) is 13.8 Å². The van der Waals surface area contributed by atoms with E-state index in [0.29, 0.717) is 17.1 Å². The van der Waals surface area contributed by atoms with E-state index in [1.807, 2.05) is 13.0 Å². The third-order valence-electron chi connectivity index (χ3n) is 3.31. The van der Waals surface area contributed by atoms with Crippen LogP contribution < -0.4 is 0 Å². The van der Waals surface area contributed by atoms with Crippen molar-refractivity contribution in [2.45, 2.75) is 30.4 Å². The van der Waals surface area contributed by atoms with Crippen molar-refractivity contribution in [3.8, 4) is 5.88 Å². The second-order valence-corrected chi connectivity index (χ2v) is 6.12. The topological polar surface area (TPSA) is 50.4 Å². The molecule has 120 valence electrons. The normalized spacial score (nSPS) is 11.3. The van der Waals surface area contributed by atoms with Crippen molar-refractivity contribution in [2.75, 3.05) is 0 Å². The molecule has 0 unspecified atom stereocenters. The zero-order chi connectivity index (χ0) is 16.4. The first-order valence-electron chi connectivity index (χ1n) is 7.23. The lowest BCUT2D eigenvalue weighted by Gasteiger charge is -2.05. The number of rotatable bonds is 5. The minimum atomic E-state index is -0.874. The predicted molar refractivity (Wildman–Crippen MR) is 84.6 cm³/mol. The van der Waals surface area contributed by atoms with Crippen molar-refractivity contribution in [2.24, 2.45) is 0 Å². The van der Waals surface area contributed by atoms with Crippen molar-refractivity contribution in [3.63, 3.8) is 0 Å². The van der Waals surface area contributed by atoms with Crippen LogP contribution in [0.1, 0.15) is 24.7 Å². The Kier molecular flexibility index (Phi) is 4.47. The second kappa shape index (κ2) is 6.54. The summed E-state index contributed by atoms with van der Waals surface area (Å²) in [6, 6.07) is 7.36. The highest BCUT2D eigenvalue weighted by Gasteiger charge is 2.11. The van der Waals surface area contributed by atoms with Gasteiger partial charge in [0.25, 0.3) is 0 Å². The average Bonchev–Trinajstić information content (AvgIpc) is 2.92. The predicted octanol–water partition coefficient (Wildman–Crippen LogP) is 3.96. The number of benzene rings is 1. The molecule has 0 spiro atoms. The van der Waals surface area contributed by atoms with E-state index < -0.39 is 11.6 Å². The van der Waals surface area contributed by atoms with Crippen LogP contribution in [0.15, 0.2) is 35.2 Å². The Morgan fingerprint density at radius 3 is 2.83 bits per heavy atom. The Labute approximate surface area is 136 Å². The number of aryl methyl sites for hydroxylation is 1. The maximum absolute atomic E-state index is 13.6. The highest BCUT2D eigenvalue weighted by Crippen LogP contribution is 2.27. The molecule has 0 amide bonds. The molecule has 2 aromatic heterocycles. The SMILES string of the molecule is CCCc1cc2nc(CSc3cccc(F)c3F)cc(O)n2n1. The molecule has 3 aromatic rings. The number of aromatic nitrogens is 3. The van der Waals surface area contributed by atoms with Crippen LogP contribution >= 0.6 is 11.8 Å². The van der Waals surface area contributed by atoms with E-state index in [0.717, 1.165) is 36.4 Å². The number of hydrogen-bond donors (Lipinski definition) is 1. The lowest BCUT2D eigenvalue weighted by atomic mass is 10.2. The summed E-state index contributed by atoms with van der Waals surface area (Å²) in [6.07, 6.45) is 1.76. The molecular formula is C16H15F2N3OS.